The van der Waals surface area contributed by atoms with Crippen molar-refractivity contribution in [3.8, 4) is 0 Å². The maximum atomic E-state index is 12.7. The Morgan fingerprint density at radius 2 is 2.05 bits per heavy atom. The molecule has 0 bridgehead atoms. The first-order valence-corrected chi connectivity index (χ1v) is 8.40. The van der Waals surface area contributed by atoms with E-state index in [0.717, 1.165) is 24.4 Å². The van der Waals surface area contributed by atoms with Crippen LogP contribution in [0.4, 0.5) is 5.00 Å². The lowest BCUT2D eigenvalue weighted by atomic mass is 10.2. The quantitative estimate of drug-likeness (QED) is 0.843. The lowest BCUT2D eigenvalue weighted by molar-refractivity contribution is -0.116. The van der Waals surface area contributed by atoms with E-state index in [9.17, 15) is 9.59 Å². The van der Waals surface area contributed by atoms with Gasteiger partial charge >= 0.3 is 0 Å². The minimum absolute atomic E-state index is 0.0117. The molecule has 1 aliphatic rings. The molecule has 7 heteroatoms. The van der Waals surface area contributed by atoms with E-state index in [-0.39, 0.29) is 11.8 Å². The number of nitrogens with zero attached hydrogens (tertiary/aromatic N) is 2. The Morgan fingerprint density at radius 3 is 2.64 bits per heavy atom. The van der Waals surface area contributed by atoms with Crippen LogP contribution < -0.4 is 10.6 Å². The highest BCUT2D eigenvalue weighted by molar-refractivity contribution is 7.16. The third kappa shape index (κ3) is 4.28. The summed E-state index contributed by atoms with van der Waals surface area (Å²) >= 11 is 1.49. The number of aryl methyl sites for hydroxylation is 1. The molecule has 2 N–H and O–H groups in total. The molecule has 1 aliphatic heterocycles. The summed E-state index contributed by atoms with van der Waals surface area (Å²) in [6, 6.07) is 1.92. The summed E-state index contributed by atoms with van der Waals surface area (Å²) in [5, 5.41) is 6.80. The van der Waals surface area contributed by atoms with Crippen molar-refractivity contribution in [2.75, 3.05) is 52.1 Å². The van der Waals surface area contributed by atoms with E-state index in [1.807, 2.05) is 30.0 Å². The number of anilines is 1. The van der Waals surface area contributed by atoms with Crippen LogP contribution >= 0.6 is 11.3 Å². The molecule has 6 nitrogen and oxygen atoms in total. The minimum Gasteiger partial charge on any atom is -0.336 e. The highest BCUT2D eigenvalue weighted by Crippen LogP contribution is 2.29. The number of likely N-dealkylation sites (N-methyl/N-ethyl adjacent to an activating group) is 1. The van der Waals surface area contributed by atoms with Crippen molar-refractivity contribution in [3.63, 3.8) is 0 Å². The molecule has 2 heterocycles. The predicted octanol–water partition coefficient (Wildman–Crippen LogP) is 0.856. The molecular weight excluding hydrogens is 300 g/mol. The molecule has 0 spiro atoms. The van der Waals surface area contributed by atoms with Gasteiger partial charge in [0.1, 0.15) is 5.00 Å². The first kappa shape index (κ1) is 16.9. The molecule has 2 amide bonds. The number of rotatable bonds is 5. The van der Waals surface area contributed by atoms with Crippen LogP contribution in [-0.4, -0.2) is 68.4 Å². The summed E-state index contributed by atoms with van der Waals surface area (Å²) in [5.74, 6) is -0.0820. The summed E-state index contributed by atoms with van der Waals surface area (Å²) < 4.78 is 0. The lowest BCUT2D eigenvalue weighted by Crippen LogP contribution is -2.46. The highest BCUT2D eigenvalue weighted by Gasteiger charge is 2.23. The zero-order valence-corrected chi connectivity index (χ0v) is 14.3. The van der Waals surface area contributed by atoms with E-state index in [4.69, 9.17) is 0 Å². The lowest BCUT2D eigenvalue weighted by Gasteiger charge is -2.27. The number of piperazine rings is 1. The van der Waals surface area contributed by atoms with Crippen LogP contribution in [0, 0.1) is 0 Å². The molecule has 0 unspecified atom stereocenters. The maximum absolute atomic E-state index is 12.7. The third-order valence-electron chi connectivity index (χ3n) is 3.48. The van der Waals surface area contributed by atoms with Gasteiger partial charge in [-0.25, -0.2) is 0 Å². The molecule has 122 valence electrons. The van der Waals surface area contributed by atoms with E-state index in [1.54, 1.807) is 0 Å². The van der Waals surface area contributed by atoms with Gasteiger partial charge in [0, 0.05) is 31.1 Å². The van der Waals surface area contributed by atoms with Crippen LogP contribution in [0.15, 0.2) is 6.07 Å². The number of carbonyl (C=O) groups excluding carboxylic acids is 2. The zero-order valence-electron chi connectivity index (χ0n) is 13.4. The van der Waals surface area contributed by atoms with Crippen LogP contribution in [0.2, 0.25) is 0 Å². The van der Waals surface area contributed by atoms with Crippen molar-refractivity contribution in [1.29, 1.82) is 0 Å². The predicted molar refractivity (Wildman–Crippen MR) is 89.7 cm³/mol. The Bertz CT molecular complexity index is 536. The van der Waals surface area contributed by atoms with Crippen molar-refractivity contribution >= 4 is 28.2 Å². The second-order valence-electron chi connectivity index (χ2n) is 5.64. The Morgan fingerprint density at radius 1 is 1.36 bits per heavy atom. The van der Waals surface area contributed by atoms with E-state index >= 15 is 0 Å². The monoisotopic (exact) mass is 324 g/mol. The Hall–Kier alpha value is -1.44. The van der Waals surface area contributed by atoms with Crippen LogP contribution in [0.5, 0.6) is 0 Å². The fourth-order valence-electron chi connectivity index (χ4n) is 2.36. The van der Waals surface area contributed by atoms with Gasteiger partial charge in [0.05, 0.1) is 12.1 Å². The standard InChI is InChI=1S/C15H24N4O2S/c1-4-11-9-12(15(21)19-7-5-16-6-8-19)14(22-11)17-13(20)10-18(2)3/h9,16H,4-8,10H2,1-3H3,(H,17,20). The number of carbonyl (C=O) groups is 2. The van der Waals surface area contributed by atoms with E-state index in [2.05, 4.69) is 17.6 Å². The molecular formula is C15H24N4O2S. The smallest absolute Gasteiger partial charge is 0.256 e. The Balaban J connectivity index is 2.16. The topological polar surface area (TPSA) is 64.7 Å². The highest BCUT2D eigenvalue weighted by atomic mass is 32.1. The second-order valence-corrected chi connectivity index (χ2v) is 6.77. The summed E-state index contributed by atoms with van der Waals surface area (Å²) in [5.41, 5.74) is 0.621. The first-order valence-electron chi connectivity index (χ1n) is 7.58. The SMILES string of the molecule is CCc1cc(C(=O)N2CCNCC2)c(NC(=O)CN(C)C)s1. The van der Waals surface area contributed by atoms with E-state index in [1.165, 1.54) is 11.3 Å². The van der Waals surface area contributed by atoms with E-state index in [0.29, 0.717) is 30.2 Å². The van der Waals surface area contributed by atoms with E-state index < -0.39 is 0 Å². The van der Waals surface area contributed by atoms with Crippen molar-refractivity contribution in [3.05, 3.63) is 16.5 Å². The molecule has 2 rings (SSSR count). The van der Waals surface area contributed by atoms with Gasteiger partial charge in [-0.1, -0.05) is 6.92 Å². The number of amides is 2. The van der Waals surface area contributed by atoms with Crippen LogP contribution in [0.25, 0.3) is 0 Å². The number of hydrogen-bond acceptors (Lipinski definition) is 5. The van der Waals surface area contributed by atoms with Crippen molar-refractivity contribution in [2.45, 2.75) is 13.3 Å². The van der Waals surface area contributed by atoms with Crippen molar-refractivity contribution in [1.82, 2.24) is 15.1 Å². The second kappa shape index (κ2) is 7.71. The van der Waals surface area contributed by atoms with Crippen LogP contribution in [0.3, 0.4) is 0 Å². The first-order chi connectivity index (χ1) is 10.5. The van der Waals surface area contributed by atoms with Gasteiger partial charge in [-0.3, -0.25) is 9.59 Å². The summed E-state index contributed by atoms with van der Waals surface area (Å²) in [6.45, 7) is 5.41. The molecule has 1 aromatic rings. The average molecular weight is 324 g/mol. The molecule has 0 aliphatic carbocycles. The van der Waals surface area contributed by atoms with Gasteiger partial charge in [0.2, 0.25) is 5.91 Å². The molecule has 1 aromatic heterocycles. The van der Waals surface area contributed by atoms with Gasteiger partial charge in [0.15, 0.2) is 0 Å². The summed E-state index contributed by atoms with van der Waals surface area (Å²) in [7, 11) is 3.69. The number of nitrogens with one attached hydrogen (secondary N) is 2. The fraction of sp³-hybridized carbons (Fsp3) is 0.600. The van der Waals surface area contributed by atoms with Gasteiger partial charge in [-0.2, -0.15) is 0 Å². The van der Waals surface area contributed by atoms with Crippen LogP contribution in [0.1, 0.15) is 22.2 Å². The fourth-order valence-corrected chi connectivity index (χ4v) is 3.36. The number of hydrogen-bond donors (Lipinski definition) is 2. The molecule has 0 radical (unpaired) electrons. The zero-order chi connectivity index (χ0) is 16.1. The van der Waals surface area contributed by atoms with Crippen LogP contribution in [-0.2, 0) is 11.2 Å². The molecule has 22 heavy (non-hydrogen) atoms. The van der Waals surface area contributed by atoms with Gasteiger partial charge in [-0.05, 0) is 26.6 Å². The third-order valence-corrected chi connectivity index (χ3v) is 4.67. The summed E-state index contributed by atoms with van der Waals surface area (Å²) in [6.07, 6.45) is 0.857. The average Bonchev–Trinajstić information content (AvgIpc) is 2.89. The minimum atomic E-state index is -0.0936. The normalized spacial score (nSPS) is 15.2. The van der Waals surface area contributed by atoms with Gasteiger partial charge in [-0.15, -0.1) is 11.3 Å². The molecule has 0 atom stereocenters. The maximum Gasteiger partial charge on any atom is 0.256 e. The molecule has 0 aromatic carbocycles. The van der Waals surface area contributed by atoms with Gasteiger partial charge in [0.25, 0.3) is 5.91 Å². The largest absolute Gasteiger partial charge is 0.336 e. The number of thiophene rings is 1. The molecule has 1 fully saturated rings. The summed E-state index contributed by atoms with van der Waals surface area (Å²) in [4.78, 5) is 29.5. The van der Waals surface area contributed by atoms with Crippen molar-refractivity contribution in [2.24, 2.45) is 0 Å². The molecule has 0 saturated carbocycles. The molecule has 1 saturated heterocycles. The van der Waals surface area contributed by atoms with Crippen molar-refractivity contribution < 1.29 is 9.59 Å². The Kier molecular flexibility index (Phi) is 5.93. The van der Waals surface area contributed by atoms with Gasteiger partial charge < -0.3 is 20.4 Å². The Labute approximate surface area is 135 Å².